The molecule has 0 bridgehead atoms. The number of hydrogen-bond acceptors (Lipinski definition) is 6. The van der Waals surface area contributed by atoms with Crippen LogP contribution in [0.4, 0.5) is 0 Å². The van der Waals surface area contributed by atoms with E-state index < -0.39 is 0 Å². The molecular weight excluding hydrogens is 374 g/mol. The summed E-state index contributed by atoms with van der Waals surface area (Å²) in [6.45, 7) is 5.26. The topological polar surface area (TPSA) is 81.9 Å². The first-order valence-electron chi connectivity index (χ1n) is 9.21. The number of carbonyl (C=O) groups excluding carboxylic acids is 1. The van der Waals surface area contributed by atoms with E-state index in [1.54, 1.807) is 12.4 Å². The van der Waals surface area contributed by atoms with E-state index in [1.807, 2.05) is 54.8 Å². The second-order valence-corrected chi connectivity index (χ2v) is 6.89. The molecule has 0 aliphatic rings. The zero-order valence-corrected chi connectivity index (χ0v) is 16.8. The summed E-state index contributed by atoms with van der Waals surface area (Å²) in [6.07, 6.45) is 4.35. The van der Waals surface area contributed by atoms with E-state index in [2.05, 4.69) is 20.5 Å². The third-order valence-electron chi connectivity index (χ3n) is 3.88. The first kappa shape index (κ1) is 19.9. The normalized spacial score (nSPS) is 10.6. The Morgan fingerprint density at radius 3 is 2.54 bits per heavy atom. The lowest BCUT2D eigenvalue weighted by atomic mass is 10.2. The molecule has 1 aromatic carbocycles. The number of nitrogens with one attached hydrogen (secondary N) is 1. The van der Waals surface area contributed by atoms with Crippen molar-refractivity contribution < 1.29 is 9.53 Å². The standard InChI is InChI=1S/C20H23N5O2S/c1-3-11-22-18(26)14-28-20-24-23-19(15-9-12-21-13-10-15)25(20)16-5-7-17(8-6-16)27-4-2/h5-10,12-13H,3-4,11,14H2,1-2H3,(H,22,26). The summed E-state index contributed by atoms with van der Waals surface area (Å²) in [4.78, 5) is 16.1. The minimum absolute atomic E-state index is 0.0152. The third kappa shape index (κ3) is 4.89. The van der Waals surface area contributed by atoms with Gasteiger partial charge < -0.3 is 10.1 Å². The van der Waals surface area contributed by atoms with Gasteiger partial charge in [-0.15, -0.1) is 10.2 Å². The molecule has 3 rings (SSSR count). The SMILES string of the molecule is CCCNC(=O)CSc1nnc(-c2ccncc2)n1-c1ccc(OCC)cc1. The van der Waals surface area contributed by atoms with Gasteiger partial charge in [0.15, 0.2) is 11.0 Å². The Hall–Kier alpha value is -2.87. The summed E-state index contributed by atoms with van der Waals surface area (Å²) < 4.78 is 7.48. The molecule has 1 amide bonds. The Bertz CT molecular complexity index is 897. The molecule has 3 aromatic rings. The average molecular weight is 398 g/mol. The van der Waals surface area contributed by atoms with Crippen molar-refractivity contribution in [2.45, 2.75) is 25.4 Å². The number of amides is 1. The van der Waals surface area contributed by atoms with E-state index >= 15 is 0 Å². The van der Waals surface area contributed by atoms with Gasteiger partial charge in [0.2, 0.25) is 5.91 Å². The molecule has 1 N–H and O–H groups in total. The van der Waals surface area contributed by atoms with Gasteiger partial charge in [0.1, 0.15) is 5.75 Å². The molecule has 8 heteroatoms. The number of carbonyl (C=O) groups is 1. The van der Waals surface area contributed by atoms with Gasteiger partial charge in [0.25, 0.3) is 0 Å². The second kappa shape index (κ2) is 9.89. The molecule has 0 spiro atoms. The summed E-state index contributed by atoms with van der Waals surface area (Å²) in [5.41, 5.74) is 1.80. The molecule has 0 unspecified atom stereocenters. The number of nitrogens with zero attached hydrogens (tertiary/aromatic N) is 4. The van der Waals surface area contributed by atoms with Gasteiger partial charge in [-0.2, -0.15) is 0 Å². The summed E-state index contributed by atoms with van der Waals surface area (Å²) >= 11 is 1.36. The minimum Gasteiger partial charge on any atom is -0.494 e. The summed E-state index contributed by atoms with van der Waals surface area (Å²) in [6, 6.07) is 11.5. The molecule has 0 fully saturated rings. The predicted molar refractivity (Wildman–Crippen MR) is 110 cm³/mol. The van der Waals surface area contributed by atoms with Crippen LogP contribution in [-0.4, -0.2) is 44.6 Å². The van der Waals surface area contributed by atoms with Crippen molar-refractivity contribution in [1.29, 1.82) is 0 Å². The molecule has 0 saturated heterocycles. The van der Waals surface area contributed by atoms with Gasteiger partial charge in [-0.05, 0) is 49.7 Å². The number of benzene rings is 1. The summed E-state index contributed by atoms with van der Waals surface area (Å²) in [5.74, 6) is 1.77. The van der Waals surface area contributed by atoms with E-state index in [4.69, 9.17) is 4.74 Å². The monoisotopic (exact) mass is 397 g/mol. The molecule has 7 nitrogen and oxygen atoms in total. The number of rotatable bonds is 9. The number of hydrogen-bond donors (Lipinski definition) is 1. The van der Waals surface area contributed by atoms with Crippen LogP contribution in [0.1, 0.15) is 20.3 Å². The number of aromatic nitrogens is 4. The molecular formula is C20H23N5O2S. The van der Waals surface area contributed by atoms with E-state index in [0.29, 0.717) is 24.1 Å². The smallest absolute Gasteiger partial charge is 0.230 e. The van der Waals surface area contributed by atoms with Gasteiger partial charge in [-0.1, -0.05) is 18.7 Å². The first-order valence-corrected chi connectivity index (χ1v) is 10.2. The van der Waals surface area contributed by atoms with Crippen molar-refractivity contribution in [3.8, 4) is 22.8 Å². The average Bonchev–Trinajstić information content (AvgIpc) is 3.16. The van der Waals surface area contributed by atoms with Crippen LogP contribution in [0.25, 0.3) is 17.1 Å². The fraction of sp³-hybridized carbons (Fsp3) is 0.300. The van der Waals surface area contributed by atoms with Gasteiger partial charge in [0.05, 0.1) is 12.4 Å². The van der Waals surface area contributed by atoms with Crippen LogP contribution in [0.15, 0.2) is 53.9 Å². The molecule has 0 aliphatic heterocycles. The van der Waals surface area contributed by atoms with Gasteiger partial charge in [0, 0.05) is 30.2 Å². The van der Waals surface area contributed by atoms with Crippen LogP contribution < -0.4 is 10.1 Å². The number of pyridine rings is 1. The van der Waals surface area contributed by atoms with Gasteiger partial charge >= 0.3 is 0 Å². The van der Waals surface area contributed by atoms with Crippen LogP contribution in [0.2, 0.25) is 0 Å². The zero-order chi connectivity index (χ0) is 19.8. The van der Waals surface area contributed by atoms with E-state index in [0.717, 1.165) is 23.4 Å². The van der Waals surface area contributed by atoms with Gasteiger partial charge in [-0.25, -0.2) is 0 Å². The lowest BCUT2D eigenvalue weighted by Gasteiger charge is -2.11. The van der Waals surface area contributed by atoms with Crippen molar-refractivity contribution in [3.63, 3.8) is 0 Å². The minimum atomic E-state index is -0.0152. The molecule has 146 valence electrons. The highest BCUT2D eigenvalue weighted by molar-refractivity contribution is 7.99. The fourth-order valence-corrected chi connectivity index (χ4v) is 3.37. The van der Waals surface area contributed by atoms with Crippen molar-refractivity contribution in [1.82, 2.24) is 25.1 Å². The van der Waals surface area contributed by atoms with Crippen LogP contribution in [0.5, 0.6) is 5.75 Å². The van der Waals surface area contributed by atoms with E-state index in [1.165, 1.54) is 11.8 Å². The molecule has 0 radical (unpaired) electrons. The highest BCUT2D eigenvalue weighted by atomic mass is 32.2. The predicted octanol–water partition coefficient (Wildman–Crippen LogP) is 3.35. The van der Waals surface area contributed by atoms with Crippen molar-refractivity contribution >= 4 is 17.7 Å². The molecule has 0 saturated carbocycles. The number of thioether (sulfide) groups is 1. The van der Waals surface area contributed by atoms with Crippen LogP contribution in [-0.2, 0) is 4.79 Å². The number of ether oxygens (including phenoxy) is 1. The Morgan fingerprint density at radius 2 is 1.86 bits per heavy atom. The lowest BCUT2D eigenvalue weighted by molar-refractivity contribution is -0.118. The van der Waals surface area contributed by atoms with Crippen molar-refractivity contribution in [2.24, 2.45) is 0 Å². The highest BCUT2D eigenvalue weighted by Crippen LogP contribution is 2.28. The van der Waals surface area contributed by atoms with Crippen LogP contribution >= 0.6 is 11.8 Å². The Kier molecular flexibility index (Phi) is 7.02. The molecule has 28 heavy (non-hydrogen) atoms. The summed E-state index contributed by atoms with van der Waals surface area (Å²) in [7, 11) is 0. The maximum atomic E-state index is 12.0. The quantitative estimate of drug-likeness (QED) is 0.558. The van der Waals surface area contributed by atoms with Crippen molar-refractivity contribution in [2.75, 3.05) is 18.9 Å². The molecule has 2 aromatic heterocycles. The molecule has 2 heterocycles. The first-order chi connectivity index (χ1) is 13.7. The van der Waals surface area contributed by atoms with Crippen LogP contribution in [0.3, 0.4) is 0 Å². The molecule has 0 aliphatic carbocycles. The lowest BCUT2D eigenvalue weighted by Crippen LogP contribution is -2.25. The Morgan fingerprint density at radius 1 is 1.11 bits per heavy atom. The summed E-state index contributed by atoms with van der Waals surface area (Å²) in [5, 5.41) is 12.2. The van der Waals surface area contributed by atoms with Crippen molar-refractivity contribution in [3.05, 3.63) is 48.8 Å². The van der Waals surface area contributed by atoms with Gasteiger partial charge in [-0.3, -0.25) is 14.3 Å². The second-order valence-electron chi connectivity index (χ2n) is 5.94. The Labute approximate surface area is 168 Å². The third-order valence-corrected chi connectivity index (χ3v) is 4.81. The molecule has 0 atom stereocenters. The highest BCUT2D eigenvalue weighted by Gasteiger charge is 2.17. The maximum Gasteiger partial charge on any atom is 0.230 e. The van der Waals surface area contributed by atoms with E-state index in [9.17, 15) is 4.79 Å². The fourth-order valence-electron chi connectivity index (χ4n) is 2.59. The van der Waals surface area contributed by atoms with Crippen LogP contribution in [0, 0.1) is 0 Å². The van der Waals surface area contributed by atoms with E-state index in [-0.39, 0.29) is 11.7 Å². The zero-order valence-electron chi connectivity index (χ0n) is 16.0. The Balaban J connectivity index is 1.92. The largest absolute Gasteiger partial charge is 0.494 e. The maximum absolute atomic E-state index is 12.0.